The second kappa shape index (κ2) is 9.57. The summed E-state index contributed by atoms with van der Waals surface area (Å²) < 4.78 is 5.85. The van der Waals surface area contributed by atoms with E-state index in [0.717, 1.165) is 24.4 Å². The van der Waals surface area contributed by atoms with Gasteiger partial charge in [-0.2, -0.15) is 0 Å². The molecule has 0 saturated heterocycles. The number of Topliss-reactive ketones (excluding diaryl/α,β-unsaturated/α-hetero) is 1. The molecule has 0 fully saturated rings. The number of hydrogen-bond acceptors (Lipinski definition) is 4. The summed E-state index contributed by atoms with van der Waals surface area (Å²) in [5, 5.41) is 3.38. The van der Waals surface area contributed by atoms with Gasteiger partial charge in [-0.05, 0) is 38.4 Å². The van der Waals surface area contributed by atoms with Crippen molar-refractivity contribution in [3.8, 4) is 5.75 Å². The molecule has 4 nitrogen and oxygen atoms in total. The van der Waals surface area contributed by atoms with Gasteiger partial charge in [0, 0.05) is 24.1 Å². The van der Waals surface area contributed by atoms with E-state index in [0.29, 0.717) is 18.9 Å². The first kappa shape index (κ1) is 18.6. The lowest BCUT2D eigenvalue weighted by molar-refractivity contribution is -0.121. The van der Waals surface area contributed by atoms with Crippen molar-refractivity contribution in [3.05, 3.63) is 24.0 Å². The molecule has 4 heteroatoms. The molecule has 0 bridgehead atoms. The Bertz CT molecular complexity index is 441. The Morgan fingerprint density at radius 2 is 1.95 bits per heavy atom. The molecule has 1 heterocycles. The van der Waals surface area contributed by atoms with Crippen molar-refractivity contribution in [2.45, 2.75) is 66.0 Å². The highest BCUT2D eigenvalue weighted by Gasteiger charge is 2.08. The van der Waals surface area contributed by atoms with Gasteiger partial charge in [0.15, 0.2) is 0 Å². The van der Waals surface area contributed by atoms with Crippen LogP contribution in [0.3, 0.4) is 0 Å². The molecular formula is C18H30N2O2. The number of rotatable bonds is 10. The van der Waals surface area contributed by atoms with E-state index >= 15 is 0 Å². The zero-order valence-electron chi connectivity index (χ0n) is 14.6. The normalized spacial score (nSPS) is 12.7. The quantitative estimate of drug-likeness (QED) is 0.720. The fourth-order valence-corrected chi connectivity index (χ4v) is 2.03. The molecule has 0 radical (unpaired) electrons. The van der Waals surface area contributed by atoms with Gasteiger partial charge in [0.25, 0.3) is 0 Å². The van der Waals surface area contributed by atoms with Crippen molar-refractivity contribution in [2.75, 3.05) is 6.54 Å². The first-order valence-corrected chi connectivity index (χ1v) is 8.26. The van der Waals surface area contributed by atoms with Gasteiger partial charge in [0.05, 0.1) is 12.3 Å². The summed E-state index contributed by atoms with van der Waals surface area (Å²) in [7, 11) is 0. The number of carbonyl (C=O) groups excluding carboxylic acids is 1. The minimum atomic E-state index is 0.0999. The van der Waals surface area contributed by atoms with E-state index in [4.69, 9.17) is 4.74 Å². The summed E-state index contributed by atoms with van der Waals surface area (Å²) in [6.45, 7) is 11.2. The molecule has 0 aliphatic heterocycles. The first-order chi connectivity index (χ1) is 10.4. The van der Waals surface area contributed by atoms with Crippen LogP contribution in [0.15, 0.2) is 18.3 Å². The van der Waals surface area contributed by atoms with Crippen LogP contribution < -0.4 is 10.1 Å². The summed E-state index contributed by atoms with van der Waals surface area (Å²) in [6, 6.07) is 4.39. The number of ketones is 1. The van der Waals surface area contributed by atoms with Crippen LogP contribution in [0, 0.1) is 5.92 Å². The highest BCUT2D eigenvalue weighted by molar-refractivity contribution is 5.80. The van der Waals surface area contributed by atoms with Gasteiger partial charge in [-0.1, -0.05) is 27.7 Å². The van der Waals surface area contributed by atoms with Crippen molar-refractivity contribution in [1.82, 2.24) is 10.3 Å². The number of nitrogens with zero attached hydrogens (tertiary/aromatic N) is 1. The average Bonchev–Trinajstić information content (AvgIpc) is 2.45. The minimum Gasteiger partial charge on any atom is -0.489 e. The molecule has 124 valence electrons. The number of nitrogens with one attached hydrogen (secondary N) is 1. The zero-order valence-corrected chi connectivity index (χ0v) is 14.6. The standard InChI is InChI=1S/C18H30N2O2/c1-13(2)18(21)9-7-16-6-8-17(12-20-16)22-15(5)10-11-19-14(3)4/h6,8,12-15,19H,7,9-11H2,1-5H3. The molecule has 0 spiro atoms. The molecule has 1 rings (SSSR count). The van der Waals surface area contributed by atoms with Crippen molar-refractivity contribution in [1.29, 1.82) is 0 Å². The van der Waals surface area contributed by atoms with Gasteiger partial charge in [0.1, 0.15) is 11.5 Å². The number of hydrogen-bond donors (Lipinski definition) is 1. The predicted molar refractivity (Wildman–Crippen MR) is 90.2 cm³/mol. The molecule has 1 N–H and O–H groups in total. The Morgan fingerprint density at radius 1 is 1.23 bits per heavy atom. The van der Waals surface area contributed by atoms with Gasteiger partial charge < -0.3 is 10.1 Å². The molecule has 0 aliphatic carbocycles. The molecular weight excluding hydrogens is 276 g/mol. The molecule has 0 aliphatic rings. The molecule has 1 aromatic heterocycles. The second-order valence-corrected chi connectivity index (χ2v) is 6.43. The Kier molecular flexibility index (Phi) is 8.10. The van der Waals surface area contributed by atoms with Gasteiger partial charge in [-0.15, -0.1) is 0 Å². The van der Waals surface area contributed by atoms with Crippen LogP contribution in [0.1, 0.15) is 53.2 Å². The zero-order chi connectivity index (χ0) is 16.5. The van der Waals surface area contributed by atoms with E-state index in [1.165, 1.54) is 0 Å². The third kappa shape index (κ3) is 7.55. The minimum absolute atomic E-state index is 0.0999. The topological polar surface area (TPSA) is 51.2 Å². The van der Waals surface area contributed by atoms with Gasteiger partial charge in [0.2, 0.25) is 0 Å². The highest BCUT2D eigenvalue weighted by Crippen LogP contribution is 2.14. The lowest BCUT2D eigenvalue weighted by Gasteiger charge is -2.16. The Balaban J connectivity index is 2.36. The van der Waals surface area contributed by atoms with Gasteiger partial charge >= 0.3 is 0 Å². The van der Waals surface area contributed by atoms with Crippen LogP contribution in [0.5, 0.6) is 5.75 Å². The summed E-state index contributed by atoms with van der Waals surface area (Å²) in [4.78, 5) is 16.0. The lowest BCUT2D eigenvalue weighted by atomic mass is 10.0. The third-order valence-electron chi connectivity index (χ3n) is 3.51. The largest absolute Gasteiger partial charge is 0.489 e. The number of carbonyl (C=O) groups is 1. The van der Waals surface area contributed by atoms with E-state index < -0.39 is 0 Å². The van der Waals surface area contributed by atoms with Gasteiger partial charge in [-0.3, -0.25) is 9.78 Å². The SMILES string of the molecule is CC(C)NCCC(C)Oc1ccc(CCC(=O)C(C)C)nc1. The monoisotopic (exact) mass is 306 g/mol. The van der Waals surface area contributed by atoms with Crippen molar-refractivity contribution in [2.24, 2.45) is 5.92 Å². The summed E-state index contributed by atoms with van der Waals surface area (Å²) in [5.41, 5.74) is 0.940. The summed E-state index contributed by atoms with van der Waals surface area (Å²) in [5.74, 6) is 1.17. The Morgan fingerprint density at radius 3 is 2.50 bits per heavy atom. The maximum Gasteiger partial charge on any atom is 0.138 e. The van der Waals surface area contributed by atoms with Crippen molar-refractivity contribution in [3.63, 3.8) is 0 Å². The first-order valence-electron chi connectivity index (χ1n) is 8.26. The number of aryl methyl sites for hydroxylation is 1. The number of pyridine rings is 1. The van der Waals surface area contributed by atoms with Crippen molar-refractivity contribution >= 4 is 5.78 Å². The van der Waals surface area contributed by atoms with Crippen LogP contribution in [-0.2, 0) is 11.2 Å². The Hall–Kier alpha value is -1.42. The summed E-state index contributed by atoms with van der Waals surface area (Å²) in [6.07, 6.45) is 4.12. The van der Waals surface area contributed by atoms with Crippen LogP contribution in [0.2, 0.25) is 0 Å². The summed E-state index contributed by atoms with van der Waals surface area (Å²) >= 11 is 0. The lowest BCUT2D eigenvalue weighted by Crippen LogP contribution is -2.27. The molecule has 0 aromatic carbocycles. The van der Waals surface area contributed by atoms with Gasteiger partial charge in [-0.25, -0.2) is 0 Å². The third-order valence-corrected chi connectivity index (χ3v) is 3.51. The smallest absolute Gasteiger partial charge is 0.138 e. The second-order valence-electron chi connectivity index (χ2n) is 6.43. The predicted octanol–water partition coefficient (Wildman–Crippen LogP) is 3.39. The molecule has 1 aromatic rings. The fraction of sp³-hybridized carbons (Fsp3) is 0.667. The maximum atomic E-state index is 11.6. The van der Waals surface area contributed by atoms with E-state index in [9.17, 15) is 4.79 Å². The highest BCUT2D eigenvalue weighted by atomic mass is 16.5. The average molecular weight is 306 g/mol. The van der Waals surface area contributed by atoms with Crippen LogP contribution in [0.4, 0.5) is 0 Å². The molecule has 1 unspecified atom stereocenters. The fourth-order valence-electron chi connectivity index (χ4n) is 2.03. The van der Waals surface area contributed by atoms with E-state index in [2.05, 4.69) is 31.1 Å². The van der Waals surface area contributed by atoms with E-state index in [1.54, 1.807) is 6.20 Å². The number of aromatic nitrogens is 1. The number of ether oxygens (including phenoxy) is 1. The molecule has 0 saturated carbocycles. The Labute approximate surface area is 134 Å². The van der Waals surface area contributed by atoms with E-state index in [-0.39, 0.29) is 17.8 Å². The molecule has 0 amide bonds. The maximum absolute atomic E-state index is 11.6. The van der Waals surface area contributed by atoms with Crippen LogP contribution in [0.25, 0.3) is 0 Å². The van der Waals surface area contributed by atoms with Crippen LogP contribution >= 0.6 is 0 Å². The molecule has 22 heavy (non-hydrogen) atoms. The van der Waals surface area contributed by atoms with E-state index in [1.807, 2.05) is 26.0 Å². The van der Waals surface area contributed by atoms with Crippen molar-refractivity contribution < 1.29 is 9.53 Å². The molecule has 1 atom stereocenters. The van der Waals surface area contributed by atoms with Crippen LogP contribution in [-0.4, -0.2) is 29.5 Å².